The number of rotatable bonds is 3. The molecular formula is C13H10BrClN4. The van der Waals surface area contributed by atoms with Crippen molar-refractivity contribution in [3.8, 4) is 0 Å². The van der Waals surface area contributed by atoms with Gasteiger partial charge in [0.25, 0.3) is 0 Å². The second-order valence-electron chi connectivity index (χ2n) is 4.05. The highest BCUT2D eigenvalue weighted by Crippen LogP contribution is 2.25. The summed E-state index contributed by atoms with van der Waals surface area (Å²) in [5.74, 6) is 0.760. The van der Waals surface area contributed by atoms with Gasteiger partial charge in [-0.1, -0.05) is 33.6 Å². The third-order valence-electron chi connectivity index (χ3n) is 2.71. The van der Waals surface area contributed by atoms with Gasteiger partial charge in [0.05, 0.1) is 5.39 Å². The smallest absolute Gasteiger partial charge is 0.143 e. The average molecular weight is 338 g/mol. The monoisotopic (exact) mass is 336 g/mol. The van der Waals surface area contributed by atoms with Gasteiger partial charge in [0.15, 0.2) is 0 Å². The van der Waals surface area contributed by atoms with E-state index in [1.54, 1.807) is 0 Å². The molecule has 0 unspecified atom stereocenters. The van der Waals surface area contributed by atoms with E-state index in [4.69, 9.17) is 11.6 Å². The predicted octanol–water partition coefficient (Wildman–Crippen LogP) is 4.25. The Morgan fingerprint density at radius 2 is 2.16 bits per heavy atom. The van der Waals surface area contributed by atoms with E-state index in [2.05, 4.69) is 36.2 Å². The molecular weight excluding hydrogens is 328 g/mol. The van der Waals surface area contributed by atoms with Crippen molar-refractivity contribution in [3.05, 3.63) is 47.4 Å². The van der Waals surface area contributed by atoms with Crippen LogP contribution in [0.2, 0.25) is 5.02 Å². The predicted molar refractivity (Wildman–Crippen MR) is 81.3 cm³/mol. The van der Waals surface area contributed by atoms with Gasteiger partial charge < -0.3 is 10.3 Å². The van der Waals surface area contributed by atoms with Gasteiger partial charge in [-0.3, -0.25) is 0 Å². The van der Waals surface area contributed by atoms with Gasteiger partial charge in [0.1, 0.15) is 17.8 Å². The summed E-state index contributed by atoms with van der Waals surface area (Å²) in [5, 5.41) is 5.65. The molecule has 0 radical (unpaired) electrons. The fourth-order valence-electron chi connectivity index (χ4n) is 1.87. The lowest BCUT2D eigenvalue weighted by Gasteiger charge is -2.06. The fraction of sp³-hybridized carbons (Fsp3) is 0.0769. The lowest BCUT2D eigenvalue weighted by atomic mass is 10.3. The van der Waals surface area contributed by atoms with Crippen LogP contribution in [0.15, 0.2) is 36.7 Å². The van der Waals surface area contributed by atoms with Gasteiger partial charge in [-0.2, -0.15) is 0 Å². The van der Waals surface area contributed by atoms with Crippen LogP contribution in [-0.4, -0.2) is 15.0 Å². The molecule has 6 heteroatoms. The highest BCUT2D eigenvalue weighted by atomic mass is 79.9. The van der Waals surface area contributed by atoms with Crippen LogP contribution >= 0.6 is 27.5 Å². The minimum absolute atomic E-state index is 0.686. The van der Waals surface area contributed by atoms with Crippen LogP contribution in [0.3, 0.4) is 0 Å². The van der Waals surface area contributed by atoms with Crippen LogP contribution in [0.4, 0.5) is 11.5 Å². The number of hydrogen-bond donors (Lipinski definition) is 2. The number of fused-ring (bicyclic) bond motifs is 1. The quantitative estimate of drug-likeness (QED) is 0.703. The molecule has 2 heterocycles. The summed E-state index contributed by atoms with van der Waals surface area (Å²) in [7, 11) is 0. The minimum atomic E-state index is 0.686. The molecule has 3 aromatic rings. The molecule has 0 aliphatic heterocycles. The van der Waals surface area contributed by atoms with E-state index in [0.29, 0.717) is 5.02 Å². The molecule has 19 heavy (non-hydrogen) atoms. The summed E-state index contributed by atoms with van der Waals surface area (Å²) in [6, 6.07) is 9.55. The largest absolute Gasteiger partial charge is 0.342 e. The molecule has 0 amide bonds. The van der Waals surface area contributed by atoms with Gasteiger partial charge in [0.2, 0.25) is 0 Å². The van der Waals surface area contributed by atoms with Gasteiger partial charge in [0, 0.05) is 21.7 Å². The Kier molecular flexibility index (Phi) is 3.40. The van der Waals surface area contributed by atoms with E-state index in [1.165, 1.54) is 6.33 Å². The second-order valence-corrected chi connectivity index (χ2v) is 5.05. The summed E-state index contributed by atoms with van der Waals surface area (Å²) < 4.78 is 0. The topological polar surface area (TPSA) is 53.6 Å². The summed E-state index contributed by atoms with van der Waals surface area (Å²) in [6.07, 6.45) is 1.53. The number of nitrogens with one attached hydrogen (secondary N) is 2. The van der Waals surface area contributed by atoms with Crippen LogP contribution in [-0.2, 0) is 5.33 Å². The van der Waals surface area contributed by atoms with Crippen molar-refractivity contribution in [2.24, 2.45) is 0 Å². The molecule has 96 valence electrons. The van der Waals surface area contributed by atoms with Crippen molar-refractivity contribution in [1.29, 1.82) is 0 Å². The van der Waals surface area contributed by atoms with Gasteiger partial charge in [-0.05, 0) is 24.3 Å². The number of H-pyrrole nitrogens is 1. The van der Waals surface area contributed by atoms with Crippen LogP contribution in [0.5, 0.6) is 0 Å². The SMILES string of the molecule is Clc1cccc(Nc2ncnc3[nH]c(CBr)cc23)c1. The minimum Gasteiger partial charge on any atom is -0.342 e. The van der Waals surface area contributed by atoms with E-state index < -0.39 is 0 Å². The first-order valence-corrected chi connectivity index (χ1v) is 7.17. The number of hydrogen-bond acceptors (Lipinski definition) is 3. The molecule has 2 N–H and O–H groups in total. The van der Waals surface area contributed by atoms with Crippen LogP contribution in [0.1, 0.15) is 5.69 Å². The number of benzene rings is 1. The lowest BCUT2D eigenvalue weighted by molar-refractivity contribution is 1.18. The Labute approximate surface area is 123 Å². The molecule has 0 aliphatic carbocycles. The van der Waals surface area contributed by atoms with E-state index in [0.717, 1.165) is 33.6 Å². The number of aromatic amines is 1. The molecule has 0 aliphatic rings. The van der Waals surface area contributed by atoms with E-state index in [1.807, 2.05) is 30.3 Å². The number of anilines is 2. The van der Waals surface area contributed by atoms with Crippen LogP contribution in [0.25, 0.3) is 11.0 Å². The molecule has 1 aromatic carbocycles. The van der Waals surface area contributed by atoms with Crippen molar-refractivity contribution in [2.75, 3.05) is 5.32 Å². The van der Waals surface area contributed by atoms with Gasteiger partial charge in [-0.25, -0.2) is 9.97 Å². The van der Waals surface area contributed by atoms with E-state index >= 15 is 0 Å². The number of halogens is 2. The average Bonchev–Trinajstić information content (AvgIpc) is 2.83. The summed E-state index contributed by atoms with van der Waals surface area (Å²) in [4.78, 5) is 11.7. The lowest BCUT2D eigenvalue weighted by Crippen LogP contribution is -1.94. The Bertz CT molecular complexity index is 725. The van der Waals surface area contributed by atoms with Crippen molar-refractivity contribution in [3.63, 3.8) is 0 Å². The molecule has 4 nitrogen and oxygen atoms in total. The molecule has 0 atom stereocenters. The Morgan fingerprint density at radius 1 is 1.26 bits per heavy atom. The first kappa shape index (κ1) is 12.4. The third-order valence-corrected chi connectivity index (χ3v) is 3.55. The molecule has 0 fully saturated rings. The van der Waals surface area contributed by atoms with E-state index in [-0.39, 0.29) is 0 Å². The Balaban J connectivity index is 2.02. The molecule has 0 spiro atoms. The second kappa shape index (κ2) is 5.19. The summed E-state index contributed by atoms with van der Waals surface area (Å²) >= 11 is 9.39. The maximum absolute atomic E-state index is 5.97. The molecule has 0 saturated carbocycles. The maximum atomic E-state index is 5.97. The summed E-state index contributed by atoms with van der Waals surface area (Å²) in [5.41, 5.74) is 2.77. The zero-order chi connectivity index (χ0) is 13.2. The van der Waals surface area contributed by atoms with Crippen molar-refractivity contribution in [2.45, 2.75) is 5.33 Å². The zero-order valence-corrected chi connectivity index (χ0v) is 12.2. The first-order chi connectivity index (χ1) is 9.26. The van der Waals surface area contributed by atoms with Gasteiger partial charge in [-0.15, -0.1) is 0 Å². The first-order valence-electron chi connectivity index (χ1n) is 5.67. The highest BCUT2D eigenvalue weighted by molar-refractivity contribution is 9.08. The standard InChI is InChI=1S/C13H10BrClN4/c14-6-10-5-11-12(16-7-17-13(11)19-10)18-9-3-1-2-8(15)4-9/h1-5,7H,6H2,(H2,16,17,18,19). The van der Waals surface area contributed by atoms with Crippen molar-refractivity contribution >= 4 is 50.1 Å². The van der Waals surface area contributed by atoms with Gasteiger partial charge >= 0.3 is 0 Å². The number of aromatic nitrogens is 3. The van der Waals surface area contributed by atoms with Crippen molar-refractivity contribution in [1.82, 2.24) is 15.0 Å². The Hall–Kier alpha value is -1.59. The molecule has 2 aromatic heterocycles. The fourth-order valence-corrected chi connectivity index (χ4v) is 2.36. The maximum Gasteiger partial charge on any atom is 0.143 e. The molecule has 0 bridgehead atoms. The number of nitrogens with zero attached hydrogens (tertiary/aromatic N) is 2. The summed E-state index contributed by atoms with van der Waals surface area (Å²) in [6.45, 7) is 0. The van der Waals surface area contributed by atoms with Crippen LogP contribution < -0.4 is 5.32 Å². The normalized spacial score (nSPS) is 10.8. The molecule has 3 rings (SSSR count). The van der Waals surface area contributed by atoms with E-state index in [9.17, 15) is 0 Å². The highest BCUT2D eigenvalue weighted by Gasteiger charge is 2.07. The van der Waals surface area contributed by atoms with Crippen LogP contribution in [0, 0.1) is 0 Å². The van der Waals surface area contributed by atoms with Crippen molar-refractivity contribution < 1.29 is 0 Å². The Morgan fingerprint density at radius 3 is 2.95 bits per heavy atom. The zero-order valence-electron chi connectivity index (χ0n) is 9.82. The third kappa shape index (κ3) is 2.57. The number of alkyl halides is 1. The molecule has 0 saturated heterocycles.